The van der Waals surface area contributed by atoms with E-state index in [1.54, 1.807) is 36.6 Å². The minimum Gasteiger partial charge on any atom is -0.496 e. The van der Waals surface area contributed by atoms with Crippen LogP contribution >= 0.6 is 11.3 Å². The standard InChI is InChI=1S/C23H26N2O5S2/c1-28-20-7-5-4-6-18(20)19-15-31-23(24-19)25-12-10-16(11-13-25)32(26,27)17-8-9-21(29-2)22(14-17)30-3/h4-9,14-16H,10-13H2,1-3H3. The molecule has 1 aliphatic heterocycles. The summed E-state index contributed by atoms with van der Waals surface area (Å²) in [5.41, 5.74) is 1.81. The molecule has 0 spiro atoms. The lowest BCUT2D eigenvalue weighted by atomic mass is 10.1. The number of benzene rings is 2. The zero-order chi connectivity index (χ0) is 22.7. The van der Waals surface area contributed by atoms with Crippen molar-refractivity contribution in [3.63, 3.8) is 0 Å². The number of methoxy groups -OCH3 is 3. The van der Waals surface area contributed by atoms with Crippen LogP contribution in [0, 0.1) is 0 Å². The first kappa shape index (κ1) is 22.4. The van der Waals surface area contributed by atoms with Crippen molar-refractivity contribution in [1.29, 1.82) is 0 Å². The molecule has 2 aromatic carbocycles. The van der Waals surface area contributed by atoms with Gasteiger partial charge < -0.3 is 19.1 Å². The van der Waals surface area contributed by atoms with E-state index in [-0.39, 0.29) is 4.90 Å². The summed E-state index contributed by atoms with van der Waals surface area (Å²) in [4.78, 5) is 7.21. The normalized spacial score (nSPS) is 14.9. The molecule has 9 heteroatoms. The van der Waals surface area contributed by atoms with Crippen molar-refractivity contribution in [2.24, 2.45) is 0 Å². The largest absolute Gasteiger partial charge is 0.496 e. The van der Waals surface area contributed by atoms with Crippen LogP contribution in [0.4, 0.5) is 5.13 Å². The quantitative estimate of drug-likeness (QED) is 0.506. The molecule has 1 fully saturated rings. The van der Waals surface area contributed by atoms with E-state index in [1.165, 1.54) is 14.2 Å². The van der Waals surface area contributed by atoms with Gasteiger partial charge in [0.2, 0.25) is 0 Å². The van der Waals surface area contributed by atoms with E-state index < -0.39 is 15.1 Å². The van der Waals surface area contributed by atoms with Crippen LogP contribution in [0.15, 0.2) is 52.7 Å². The van der Waals surface area contributed by atoms with E-state index in [0.29, 0.717) is 37.4 Å². The van der Waals surface area contributed by atoms with E-state index in [1.807, 2.05) is 29.6 Å². The summed E-state index contributed by atoms with van der Waals surface area (Å²) < 4.78 is 42.4. The zero-order valence-electron chi connectivity index (χ0n) is 18.3. The Hall–Kier alpha value is -2.78. The molecule has 3 aromatic rings. The number of sulfone groups is 1. The molecule has 0 aliphatic carbocycles. The fourth-order valence-electron chi connectivity index (χ4n) is 3.93. The van der Waals surface area contributed by atoms with Crippen LogP contribution in [-0.4, -0.2) is 53.1 Å². The summed E-state index contributed by atoms with van der Waals surface area (Å²) in [6.07, 6.45) is 1.08. The molecule has 1 saturated heterocycles. The van der Waals surface area contributed by atoms with Crippen LogP contribution in [0.5, 0.6) is 17.2 Å². The first-order valence-corrected chi connectivity index (χ1v) is 12.7. The summed E-state index contributed by atoms with van der Waals surface area (Å²) in [5.74, 6) is 1.71. The number of anilines is 1. The lowest BCUT2D eigenvalue weighted by Gasteiger charge is -2.31. The summed E-state index contributed by atoms with van der Waals surface area (Å²) in [7, 11) is 1.21. The van der Waals surface area contributed by atoms with Crippen LogP contribution in [0.25, 0.3) is 11.3 Å². The van der Waals surface area contributed by atoms with Crippen molar-refractivity contribution in [3.05, 3.63) is 47.8 Å². The minimum atomic E-state index is -3.47. The van der Waals surface area contributed by atoms with E-state index in [9.17, 15) is 8.42 Å². The van der Waals surface area contributed by atoms with Gasteiger partial charge in [0.05, 0.1) is 37.2 Å². The van der Waals surface area contributed by atoms with Crippen molar-refractivity contribution in [3.8, 4) is 28.5 Å². The molecular weight excluding hydrogens is 448 g/mol. The monoisotopic (exact) mass is 474 g/mol. The lowest BCUT2D eigenvalue weighted by molar-refractivity contribution is 0.354. The summed E-state index contributed by atoms with van der Waals surface area (Å²) in [6, 6.07) is 12.6. The van der Waals surface area contributed by atoms with Crippen molar-refractivity contribution in [2.75, 3.05) is 39.3 Å². The van der Waals surface area contributed by atoms with Gasteiger partial charge in [0, 0.05) is 30.1 Å². The SMILES string of the molecule is COc1ccc(S(=O)(=O)C2CCN(c3nc(-c4ccccc4OC)cs3)CC2)cc1OC. The van der Waals surface area contributed by atoms with Gasteiger partial charge in [-0.05, 0) is 37.1 Å². The van der Waals surface area contributed by atoms with Crippen molar-refractivity contribution >= 4 is 26.3 Å². The molecule has 0 bridgehead atoms. The maximum Gasteiger partial charge on any atom is 0.185 e. The molecule has 170 valence electrons. The van der Waals surface area contributed by atoms with Crippen LogP contribution in [0.1, 0.15) is 12.8 Å². The van der Waals surface area contributed by atoms with Crippen LogP contribution in [-0.2, 0) is 9.84 Å². The molecule has 32 heavy (non-hydrogen) atoms. The number of hydrogen-bond donors (Lipinski definition) is 0. The van der Waals surface area contributed by atoms with Gasteiger partial charge in [0.15, 0.2) is 26.5 Å². The number of ether oxygens (including phenoxy) is 3. The van der Waals surface area contributed by atoms with Crippen molar-refractivity contribution < 1.29 is 22.6 Å². The highest BCUT2D eigenvalue weighted by Crippen LogP contribution is 2.36. The van der Waals surface area contributed by atoms with Crippen molar-refractivity contribution in [1.82, 2.24) is 4.98 Å². The highest BCUT2D eigenvalue weighted by atomic mass is 32.2. The third-order valence-electron chi connectivity index (χ3n) is 5.71. The van der Waals surface area contributed by atoms with Gasteiger partial charge in [0.25, 0.3) is 0 Å². The molecular formula is C23H26N2O5S2. The lowest BCUT2D eigenvalue weighted by Crippen LogP contribution is -2.39. The average Bonchev–Trinajstić information content (AvgIpc) is 3.33. The first-order chi connectivity index (χ1) is 15.5. The Bertz CT molecular complexity index is 1180. The molecule has 4 rings (SSSR count). The number of hydrogen-bond acceptors (Lipinski definition) is 8. The third kappa shape index (κ3) is 4.27. The van der Waals surface area contributed by atoms with Crippen LogP contribution < -0.4 is 19.1 Å². The van der Waals surface area contributed by atoms with Gasteiger partial charge in [-0.25, -0.2) is 13.4 Å². The van der Waals surface area contributed by atoms with Crippen LogP contribution in [0.3, 0.4) is 0 Å². The molecule has 0 unspecified atom stereocenters. The second kappa shape index (κ2) is 9.38. The molecule has 1 aliphatic rings. The third-order valence-corrected chi connectivity index (χ3v) is 8.87. The Morgan fingerprint density at radius 1 is 0.938 bits per heavy atom. The molecule has 1 aromatic heterocycles. The molecule has 0 atom stereocenters. The van der Waals surface area contributed by atoms with Gasteiger partial charge in [-0.15, -0.1) is 11.3 Å². The predicted octanol–water partition coefficient (Wildman–Crippen LogP) is 4.28. The number of aromatic nitrogens is 1. The Kier molecular flexibility index (Phi) is 6.57. The summed E-state index contributed by atoms with van der Waals surface area (Å²) in [5, 5.41) is 2.47. The number of piperidine rings is 1. The van der Waals surface area contributed by atoms with E-state index in [4.69, 9.17) is 19.2 Å². The van der Waals surface area contributed by atoms with Gasteiger partial charge in [-0.1, -0.05) is 12.1 Å². The minimum absolute atomic E-state index is 0.265. The predicted molar refractivity (Wildman–Crippen MR) is 126 cm³/mol. The van der Waals surface area contributed by atoms with E-state index >= 15 is 0 Å². The summed E-state index contributed by atoms with van der Waals surface area (Å²) >= 11 is 1.56. The summed E-state index contributed by atoms with van der Waals surface area (Å²) in [6.45, 7) is 1.27. The Labute approximate surface area is 192 Å². The van der Waals surface area contributed by atoms with Gasteiger partial charge in [0.1, 0.15) is 5.75 Å². The maximum atomic E-state index is 13.2. The zero-order valence-corrected chi connectivity index (χ0v) is 19.9. The maximum absolute atomic E-state index is 13.2. The van der Waals surface area contributed by atoms with Gasteiger partial charge in [-0.2, -0.15) is 0 Å². The fraction of sp³-hybridized carbons (Fsp3) is 0.348. The highest BCUT2D eigenvalue weighted by Gasteiger charge is 2.32. The number of para-hydroxylation sites is 1. The Balaban J connectivity index is 1.47. The highest BCUT2D eigenvalue weighted by molar-refractivity contribution is 7.92. The number of rotatable bonds is 7. The number of nitrogens with zero attached hydrogens (tertiary/aromatic N) is 2. The molecule has 2 heterocycles. The van der Waals surface area contributed by atoms with Crippen LogP contribution in [0.2, 0.25) is 0 Å². The van der Waals surface area contributed by atoms with E-state index in [0.717, 1.165) is 22.1 Å². The molecule has 0 N–H and O–H groups in total. The molecule has 0 saturated carbocycles. The van der Waals surface area contributed by atoms with Gasteiger partial charge >= 0.3 is 0 Å². The number of thiazole rings is 1. The fourth-order valence-corrected chi connectivity index (χ4v) is 6.56. The van der Waals surface area contributed by atoms with E-state index in [2.05, 4.69) is 4.90 Å². The topological polar surface area (TPSA) is 78.0 Å². The molecule has 0 amide bonds. The molecule has 0 radical (unpaired) electrons. The second-order valence-corrected chi connectivity index (χ2v) is 10.5. The second-order valence-electron chi connectivity index (χ2n) is 7.46. The Morgan fingerprint density at radius 2 is 1.62 bits per heavy atom. The Morgan fingerprint density at radius 3 is 2.31 bits per heavy atom. The van der Waals surface area contributed by atoms with Crippen molar-refractivity contribution in [2.45, 2.75) is 23.0 Å². The molecule has 7 nitrogen and oxygen atoms in total. The first-order valence-electron chi connectivity index (χ1n) is 10.3. The smallest absolute Gasteiger partial charge is 0.185 e. The van der Waals surface area contributed by atoms with Gasteiger partial charge in [-0.3, -0.25) is 0 Å². The average molecular weight is 475 g/mol.